The zero-order valence-electron chi connectivity index (χ0n) is 10.6. The maximum atomic E-state index is 13.2. The Balaban J connectivity index is 6.26. The van der Waals surface area contributed by atoms with Gasteiger partial charge in [0.25, 0.3) is 0 Å². The first-order valence-electron chi connectivity index (χ1n) is 5.00. The van der Waals surface area contributed by atoms with Gasteiger partial charge in [0.2, 0.25) is 0 Å². The van der Waals surface area contributed by atoms with E-state index < -0.39 is 47.9 Å². The van der Waals surface area contributed by atoms with Crippen molar-refractivity contribution >= 4 is 11.8 Å². The number of Topliss-reactive ketones (excluding diaryl/α,β-unsaturated/α-hetero) is 1. The molecule has 148 valence electrons. The third kappa shape index (κ3) is 3.59. The number of carbonyl (C=O) groups excluding carboxylic acids is 1. The molecule has 1 unspecified atom stereocenters. The van der Waals surface area contributed by atoms with E-state index in [1.807, 2.05) is 0 Å². The van der Waals surface area contributed by atoms with Crippen molar-refractivity contribution in [1.82, 2.24) is 0 Å². The van der Waals surface area contributed by atoms with Crippen LogP contribution in [0.1, 0.15) is 0 Å². The fourth-order valence-electron chi connectivity index (χ4n) is 0.972. The van der Waals surface area contributed by atoms with Gasteiger partial charge in [0, 0.05) is 0 Å². The van der Waals surface area contributed by atoms with Crippen LogP contribution in [0.15, 0.2) is 0 Å². The largest absolute Gasteiger partial charge is 0.475 e. The van der Waals surface area contributed by atoms with Gasteiger partial charge in [-0.25, -0.2) is 4.79 Å². The molecule has 0 amide bonds. The Hall–Kier alpha value is -1.81. The Morgan fingerprint density at radius 1 is 0.640 bits per heavy atom. The highest BCUT2D eigenvalue weighted by Crippen LogP contribution is 2.55. The highest BCUT2D eigenvalue weighted by molar-refractivity contribution is 6.35. The second kappa shape index (κ2) is 5.87. The second-order valence-electron chi connectivity index (χ2n) is 3.99. The first-order valence-corrected chi connectivity index (χ1v) is 5.00. The van der Waals surface area contributed by atoms with Crippen molar-refractivity contribution in [3.05, 3.63) is 0 Å². The molecule has 1 atom stereocenters. The van der Waals surface area contributed by atoms with Crippen molar-refractivity contribution in [1.29, 1.82) is 0 Å². The number of carboxylic acid groups (broad SMARTS) is 1. The van der Waals surface area contributed by atoms with Gasteiger partial charge in [-0.1, -0.05) is 0 Å². The molecule has 0 radical (unpaired) electrons. The van der Waals surface area contributed by atoms with Crippen LogP contribution in [0.25, 0.3) is 0 Å². The number of ketones is 1. The molecule has 0 bridgehead atoms. The SMILES string of the molecule is O=C(O)C(=O)C(F)(OC(F)(F)C(F)(F)C(F)(F)C(F)(F)F)C(F)(F)F. The summed E-state index contributed by atoms with van der Waals surface area (Å²) in [6.07, 6.45) is -22.3. The standard InChI is InChI=1S/C8HF13O4/c9-3(6(14,15)16,1(22)2(23)24)25-8(20,21)5(12,13)4(10,11)7(17,18)19/h(H,23,24). The van der Waals surface area contributed by atoms with Crippen molar-refractivity contribution < 1.29 is 76.5 Å². The van der Waals surface area contributed by atoms with E-state index in [4.69, 9.17) is 5.11 Å². The average Bonchev–Trinajstić information content (AvgIpc) is 2.33. The number of hydrogen-bond donors (Lipinski definition) is 1. The average molecular weight is 408 g/mol. The molecule has 0 rings (SSSR count). The quantitative estimate of drug-likeness (QED) is 0.541. The van der Waals surface area contributed by atoms with Crippen molar-refractivity contribution in [2.75, 3.05) is 0 Å². The first-order chi connectivity index (χ1) is 10.6. The van der Waals surface area contributed by atoms with Crippen molar-refractivity contribution in [3.63, 3.8) is 0 Å². The minimum atomic E-state index is -7.88. The van der Waals surface area contributed by atoms with Gasteiger partial charge in [-0.3, -0.25) is 9.53 Å². The van der Waals surface area contributed by atoms with Crippen LogP contribution in [-0.2, 0) is 14.3 Å². The lowest BCUT2D eigenvalue weighted by Gasteiger charge is -2.36. The van der Waals surface area contributed by atoms with Crippen LogP contribution >= 0.6 is 0 Å². The molecule has 0 spiro atoms. The summed E-state index contributed by atoms with van der Waals surface area (Å²) < 4.78 is 162. The summed E-state index contributed by atoms with van der Waals surface area (Å²) in [6, 6.07) is 0. The highest BCUT2D eigenvalue weighted by Gasteiger charge is 2.85. The number of hydrogen-bond acceptors (Lipinski definition) is 3. The molecule has 4 nitrogen and oxygen atoms in total. The molecule has 0 aromatic carbocycles. The maximum absolute atomic E-state index is 13.2. The normalized spacial score (nSPS) is 17.2. The van der Waals surface area contributed by atoms with Gasteiger partial charge in [0.15, 0.2) is 0 Å². The van der Waals surface area contributed by atoms with Crippen molar-refractivity contribution in [2.24, 2.45) is 0 Å². The predicted molar refractivity (Wildman–Crippen MR) is 44.5 cm³/mol. The number of aliphatic carboxylic acids is 1. The Morgan fingerprint density at radius 2 is 1.00 bits per heavy atom. The third-order valence-corrected chi connectivity index (χ3v) is 2.24. The van der Waals surface area contributed by atoms with Gasteiger partial charge in [0.05, 0.1) is 0 Å². The second-order valence-corrected chi connectivity index (χ2v) is 3.99. The summed E-state index contributed by atoms with van der Waals surface area (Å²) in [7, 11) is 0. The maximum Gasteiger partial charge on any atom is 0.460 e. The smallest absolute Gasteiger partial charge is 0.460 e. The van der Waals surface area contributed by atoms with E-state index in [9.17, 15) is 66.7 Å². The molecular formula is C8HF13O4. The Bertz CT molecular complexity index is 547. The number of halogens is 13. The Kier molecular flexibility index (Phi) is 5.45. The topological polar surface area (TPSA) is 63.6 Å². The molecule has 0 fully saturated rings. The van der Waals surface area contributed by atoms with Crippen LogP contribution in [0, 0.1) is 0 Å². The van der Waals surface area contributed by atoms with Crippen LogP contribution in [-0.4, -0.2) is 53.0 Å². The number of ether oxygens (including phenoxy) is 1. The lowest BCUT2D eigenvalue weighted by Crippen LogP contribution is -2.66. The fourth-order valence-corrected chi connectivity index (χ4v) is 0.972. The molecular weight excluding hydrogens is 407 g/mol. The lowest BCUT2D eigenvalue weighted by atomic mass is 10.1. The molecule has 0 aromatic rings. The summed E-state index contributed by atoms with van der Waals surface area (Å²) in [5.41, 5.74) is 0. The van der Waals surface area contributed by atoms with Crippen LogP contribution in [0.4, 0.5) is 57.1 Å². The van der Waals surface area contributed by atoms with E-state index in [-0.39, 0.29) is 0 Å². The number of carboxylic acids is 1. The first kappa shape index (κ1) is 23.2. The van der Waals surface area contributed by atoms with Crippen LogP contribution < -0.4 is 0 Å². The summed E-state index contributed by atoms with van der Waals surface area (Å²) in [6.45, 7) is 0. The summed E-state index contributed by atoms with van der Waals surface area (Å²) in [5.74, 6) is -30.1. The molecule has 1 N–H and O–H groups in total. The van der Waals surface area contributed by atoms with Crippen molar-refractivity contribution in [3.8, 4) is 0 Å². The van der Waals surface area contributed by atoms with Crippen molar-refractivity contribution in [2.45, 2.75) is 36.2 Å². The minimum absolute atomic E-state index is 1.57. The summed E-state index contributed by atoms with van der Waals surface area (Å²) in [4.78, 5) is 20.4. The molecule has 0 saturated heterocycles. The molecule has 0 aliphatic carbocycles. The Labute approximate surface area is 126 Å². The van der Waals surface area contributed by atoms with Crippen LogP contribution in [0.2, 0.25) is 0 Å². The zero-order valence-corrected chi connectivity index (χ0v) is 10.6. The molecule has 25 heavy (non-hydrogen) atoms. The molecule has 0 aliphatic heterocycles. The van der Waals surface area contributed by atoms with E-state index in [1.54, 1.807) is 4.74 Å². The van der Waals surface area contributed by atoms with Gasteiger partial charge in [0.1, 0.15) is 0 Å². The molecule has 0 aliphatic rings. The fraction of sp³-hybridized carbons (Fsp3) is 0.750. The third-order valence-electron chi connectivity index (χ3n) is 2.24. The van der Waals surface area contributed by atoms with Gasteiger partial charge < -0.3 is 5.11 Å². The van der Waals surface area contributed by atoms with E-state index >= 15 is 0 Å². The van der Waals surface area contributed by atoms with Gasteiger partial charge in [-0.15, -0.1) is 0 Å². The molecule has 0 heterocycles. The Morgan fingerprint density at radius 3 is 1.24 bits per heavy atom. The molecule has 0 saturated carbocycles. The number of rotatable bonds is 6. The van der Waals surface area contributed by atoms with E-state index in [0.717, 1.165) is 0 Å². The van der Waals surface area contributed by atoms with Gasteiger partial charge >= 0.3 is 47.9 Å². The zero-order chi connectivity index (χ0) is 20.9. The minimum Gasteiger partial charge on any atom is -0.475 e. The predicted octanol–water partition coefficient (Wildman–Crippen LogP) is 3.31. The van der Waals surface area contributed by atoms with Crippen LogP contribution in [0.3, 0.4) is 0 Å². The molecule has 17 heteroatoms. The highest BCUT2D eigenvalue weighted by atomic mass is 19.4. The molecule has 0 aromatic heterocycles. The van der Waals surface area contributed by atoms with E-state index in [2.05, 4.69) is 0 Å². The summed E-state index contributed by atoms with van der Waals surface area (Å²) in [5, 5.41) is 7.84. The van der Waals surface area contributed by atoms with Crippen LogP contribution in [0.5, 0.6) is 0 Å². The summed E-state index contributed by atoms with van der Waals surface area (Å²) >= 11 is 0. The number of alkyl halides is 13. The van der Waals surface area contributed by atoms with Gasteiger partial charge in [-0.05, 0) is 0 Å². The van der Waals surface area contributed by atoms with E-state index in [1.165, 1.54) is 0 Å². The lowest BCUT2D eigenvalue weighted by molar-refractivity contribution is -0.481. The van der Waals surface area contributed by atoms with Gasteiger partial charge in [-0.2, -0.15) is 57.1 Å². The van der Waals surface area contributed by atoms with E-state index in [0.29, 0.717) is 0 Å². The monoisotopic (exact) mass is 408 g/mol. The number of carbonyl (C=O) groups is 2.